The molecule has 0 radical (unpaired) electrons. The minimum Gasteiger partial charge on any atom is -0.363 e. The van der Waals surface area contributed by atoms with Gasteiger partial charge < -0.3 is 20.0 Å². The number of aliphatic imine (C=N–C) groups is 1. The van der Waals surface area contributed by atoms with Gasteiger partial charge in [0.2, 0.25) is 5.96 Å². The highest BCUT2D eigenvalue weighted by Crippen LogP contribution is 2.27. The van der Waals surface area contributed by atoms with Crippen molar-refractivity contribution in [2.45, 2.75) is 19.3 Å². The number of likely N-dealkylation sites (N-methyl/N-ethyl adjacent to an activating group) is 1. The van der Waals surface area contributed by atoms with Crippen molar-refractivity contribution >= 4 is 11.7 Å². The number of piperazine rings is 1. The van der Waals surface area contributed by atoms with E-state index in [0.717, 1.165) is 63.8 Å². The Labute approximate surface area is 185 Å². The largest absolute Gasteiger partial charge is 0.363 e. The number of ketones is 1. The first kappa shape index (κ1) is 21.4. The van der Waals surface area contributed by atoms with Crippen LogP contribution in [0.15, 0.2) is 70.7 Å². The maximum Gasteiger partial charge on any atom is 0.201 e. The highest BCUT2D eigenvalue weighted by molar-refractivity contribution is 5.97. The second kappa shape index (κ2) is 9.99. The van der Waals surface area contributed by atoms with Gasteiger partial charge in [0.25, 0.3) is 0 Å². The summed E-state index contributed by atoms with van der Waals surface area (Å²) in [5.74, 6) is 1.43. The van der Waals surface area contributed by atoms with Crippen molar-refractivity contribution in [3.8, 4) is 0 Å². The maximum absolute atomic E-state index is 12.2. The van der Waals surface area contributed by atoms with Crippen LogP contribution >= 0.6 is 0 Å². The average molecular weight is 420 g/mol. The molecule has 0 amide bonds. The number of likely N-dealkylation sites (tertiary alicyclic amines) is 1. The van der Waals surface area contributed by atoms with Crippen LogP contribution in [-0.2, 0) is 4.79 Å². The Hall–Kier alpha value is -2.82. The van der Waals surface area contributed by atoms with Crippen molar-refractivity contribution in [1.82, 2.24) is 20.0 Å². The molecule has 164 valence electrons. The number of allylic oxidation sites excluding steroid dienone is 4. The topological polar surface area (TPSA) is 51.2 Å². The van der Waals surface area contributed by atoms with Crippen LogP contribution in [0.25, 0.3) is 0 Å². The number of nitrogens with zero attached hydrogens (tertiary/aromatic N) is 4. The van der Waals surface area contributed by atoms with E-state index in [9.17, 15) is 4.79 Å². The lowest BCUT2D eigenvalue weighted by Crippen LogP contribution is -2.48. The summed E-state index contributed by atoms with van der Waals surface area (Å²) < 4.78 is 0. The molecule has 4 aliphatic rings. The van der Waals surface area contributed by atoms with Crippen molar-refractivity contribution in [3.63, 3.8) is 0 Å². The molecule has 1 atom stereocenters. The Bertz CT molecular complexity index is 897. The van der Waals surface area contributed by atoms with E-state index in [1.54, 1.807) is 12.2 Å². The van der Waals surface area contributed by atoms with Crippen LogP contribution in [0.1, 0.15) is 19.3 Å². The van der Waals surface area contributed by atoms with Crippen molar-refractivity contribution in [2.24, 2.45) is 10.9 Å². The van der Waals surface area contributed by atoms with Crippen LogP contribution in [-0.4, -0.2) is 79.3 Å². The van der Waals surface area contributed by atoms with E-state index in [2.05, 4.69) is 51.7 Å². The first-order valence-corrected chi connectivity index (χ1v) is 11.3. The zero-order valence-electron chi connectivity index (χ0n) is 18.5. The van der Waals surface area contributed by atoms with E-state index in [1.165, 1.54) is 11.3 Å². The third kappa shape index (κ3) is 5.27. The molecule has 6 nitrogen and oxygen atoms in total. The van der Waals surface area contributed by atoms with Gasteiger partial charge in [0.1, 0.15) is 0 Å². The van der Waals surface area contributed by atoms with Crippen LogP contribution in [0.3, 0.4) is 0 Å². The zero-order chi connectivity index (χ0) is 21.6. The SMILES string of the molecule is C=CCC1=CC(=O)CN(C)C(N2CCCC(C3=CC=C=C(N4CCNCC4)C=C3)C2)=N1. The van der Waals surface area contributed by atoms with Crippen LogP contribution < -0.4 is 5.32 Å². The first-order valence-electron chi connectivity index (χ1n) is 11.3. The molecule has 2 saturated heterocycles. The summed E-state index contributed by atoms with van der Waals surface area (Å²) in [5, 5.41) is 3.41. The summed E-state index contributed by atoms with van der Waals surface area (Å²) in [4.78, 5) is 23.8. The molecule has 2 fully saturated rings. The summed E-state index contributed by atoms with van der Waals surface area (Å²) in [7, 11) is 1.96. The molecule has 1 N–H and O–H groups in total. The van der Waals surface area contributed by atoms with E-state index >= 15 is 0 Å². The molecule has 3 heterocycles. The number of hydrogen-bond donors (Lipinski definition) is 1. The van der Waals surface area contributed by atoms with Gasteiger partial charge in [0.05, 0.1) is 17.9 Å². The number of carbonyl (C=O) groups excluding carboxylic acids is 1. The van der Waals surface area contributed by atoms with Crippen molar-refractivity contribution in [3.05, 3.63) is 65.7 Å². The average Bonchev–Trinajstić information content (AvgIpc) is 3.11. The van der Waals surface area contributed by atoms with Gasteiger partial charge >= 0.3 is 0 Å². The van der Waals surface area contributed by atoms with E-state index in [1.807, 2.05) is 11.9 Å². The molecule has 0 aromatic heterocycles. The van der Waals surface area contributed by atoms with Gasteiger partial charge in [-0.15, -0.1) is 6.58 Å². The number of guanidine groups is 1. The second-order valence-corrected chi connectivity index (χ2v) is 8.58. The summed E-state index contributed by atoms with van der Waals surface area (Å²) in [6.45, 7) is 10.1. The van der Waals surface area contributed by atoms with Crippen LogP contribution in [0, 0.1) is 5.92 Å². The van der Waals surface area contributed by atoms with Gasteiger partial charge in [0.15, 0.2) is 5.78 Å². The van der Waals surface area contributed by atoms with Gasteiger partial charge in [-0.2, -0.15) is 0 Å². The van der Waals surface area contributed by atoms with Gasteiger partial charge in [-0.05, 0) is 30.6 Å². The predicted molar refractivity (Wildman–Crippen MR) is 126 cm³/mol. The highest BCUT2D eigenvalue weighted by atomic mass is 16.1. The maximum atomic E-state index is 12.2. The molecule has 1 aliphatic carbocycles. The lowest BCUT2D eigenvalue weighted by molar-refractivity contribution is -0.114. The molecule has 1 unspecified atom stereocenters. The quantitative estimate of drug-likeness (QED) is 0.560. The lowest BCUT2D eigenvalue weighted by Gasteiger charge is -2.38. The molecule has 6 heteroatoms. The minimum absolute atomic E-state index is 0.0951. The summed E-state index contributed by atoms with van der Waals surface area (Å²) in [6.07, 6.45) is 15.1. The summed E-state index contributed by atoms with van der Waals surface area (Å²) >= 11 is 0. The molecule has 31 heavy (non-hydrogen) atoms. The molecule has 3 aliphatic heterocycles. The van der Waals surface area contributed by atoms with E-state index in [4.69, 9.17) is 4.99 Å². The Morgan fingerprint density at radius 3 is 2.90 bits per heavy atom. The van der Waals surface area contributed by atoms with E-state index < -0.39 is 0 Å². The standard InChI is InChI=1S/C25H33N5O/c1-3-6-22-17-24(31)19-28(2)25(27-22)30-14-5-8-21(18-30)20-7-4-9-23(11-10-20)29-15-12-26-13-16-29/h3-4,7,10-11,17,21,26H,1,5-6,8,12-16,18-19H2,2H3. The van der Waals surface area contributed by atoms with Crippen LogP contribution in [0.5, 0.6) is 0 Å². The van der Waals surface area contributed by atoms with Crippen molar-refractivity contribution in [1.29, 1.82) is 0 Å². The highest BCUT2D eigenvalue weighted by Gasteiger charge is 2.28. The number of carbonyl (C=O) groups is 1. The summed E-state index contributed by atoms with van der Waals surface area (Å²) in [6, 6.07) is 0. The van der Waals surface area contributed by atoms with Crippen LogP contribution in [0.2, 0.25) is 0 Å². The number of piperidine rings is 1. The normalized spacial score (nSPS) is 24.7. The fourth-order valence-electron chi connectivity index (χ4n) is 4.65. The number of rotatable bonds is 4. The molecule has 0 aromatic carbocycles. The third-order valence-corrected chi connectivity index (χ3v) is 6.23. The number of nitrogens with one attached hydrogen (secondary N) is 1. The van der Waals surface area contributed by atoms with Gasteiger partial charge in [-0.25, -0.2) is 4.99 Å². The zero-order valence-corrected chi connectivity index (χ0v) is 18.5. The fourth-order valence-corrected chi connectivity index (χ4v) is 4.65. The molecule has 0 saturated carbocycles. The monoisotopic (exact) mass is 419 g/mol. The Morgan fingerprint density at radius 1 is 1.26 bits per heavy atom. The fraction of sp³-hybridized carbons (Fsp3) is 0.480. The van der Waals surface area contributed by atoms with Crippen molar-refractivity contribution < 1.29 is 4.79 Å². The summed E-state index contributed by atoms with van der Waals surface area (Å²) in [5.41, 5.74) is 6.77. The predicted octanol–water partition coefficient (Wildman–Crippen LogP) is 2.47. The molecule has 4 rings (SSSR count). The van der Waals surface area contributed by atoms with Crippen molar-refractivity contribution in [2.75, 3.05) is 52.9 Å². The lowest BCUT2D eigenvalue weighted by atomic mass is 9.90. The smallest absolute Gasteiger partial charge is 0.201 e. The molecule has 0 spiro atoms. The van der Waals surface area contributed by atoms with Gasteiger partial charge in [-0.3, -0.25) is 4.79 Å². The van der Waals surface area contributed by atoms with Gasteiger partial charge in [-0.1, -0.05) is 24.0 Å². The van der Waals surface area contributed by atoms with Gasteiger partial charge in [0, 0.05) is 64.7 Å². The molecule has 0 bridgehead atoms. The molecular weight excluding hydrogens is 386 g/mol. The third-order valence-electron chi connectivity index (χ3n) is 6.23. The van der Waals surface area contributed by atoms with E-state index in [0.29, 0.717) is 18.9 Å². The second-order valence-electron chi connectivity index (χ2n) is 8.58. The molecular formula is C25H33N5O. The number of hydrogen-bond acceptors (Lipinski definition) is 6. The Balaban J connectivity index is 1.47. The van der Waals surface area contributed by atoms with Crippen LogP contribution in [0.4, 0.5) is 0 Å². The first-order chi connectivity index (χ1) is 15.1. The molecule has 0 aromatic rings. The van der Waals surface area contributed by atoms with E-state index in [-0.39, 0.29) is 5.78 Å². The Morgan fingerprint density at radius 2 is 2.10 bits per heavy atom. The minimum atomic E-state index is 0.0951. The Kier molecular flexibility index (Phi) is 6.90.